The van der Waals surface area contributed by atoms with Crippen LogP contribution >= 0.6 is 23.1 Å². The van der Waals surface area contributed by atoms with Crippen LogP contribution in [0.1, 0.15) is 35.1 Å². The van der Waals surface area contributed by atoms with Crippen LogP contribution in [-0.4, -0.2) is 41.0 Å². The van der Waals surface area contributed by atoms with Crippen LogP contribution in [0.15, 0.2) is 39.6 Å². The zero-order valence-corrected chi connectivity index (χ0v) is 16.8. The molecule has 4 nitrogen and oxygen atoms in total. The number of thiazole rings is 1. The molecule has 0 saturated carbocycles. The van der Waals surface area contributed by atoms with Gasteiger partial charge in [-0.1, -0.05) is 11.8 Å². The summed E-state index contributed by atoms with van der Waals surface area (Å²) in [5.41, 5.74) is 0.563. The first kappa shape index (κ1) is 19.7. The molecule has 0 unspecified atom stereocenters. The third-order valence-corrected chi connectivity index (χ3v) is 7.69. The minimum atomic E-state index is -4.42. The smallest absolute Gasteiger partial charge is 0.347 e. The largest absolute Gasteiger partial charge is 0.443 e. The van der Waals surface area contributed by atoms with E-state index in [1.54, 1.807) is 24.3 Å². The molecule has 0 radical (unpaired) electrons. The van der Waals surface area contributed by atoms with Gasteiger partial charge < -0.3 is 5.32 Å². The first-order valence-electron chi connectivity index (χ1n) is 9.17. The second kappa shape index (κ2) is 7.68. The highest BCUT2D eigenvalue weighted by Crippen LogP contribution is 2.38. The molecule has 2 atom stereocenters. The average molecular weight is 428 g/mol. The molecule has 3 aliphatic rings. The van der Waals surface area contributed by atoms with Crippen LogP contribution in [0.2, 0.25) is 0 Å². The fraction of sp³-hybridized carbons (Fsp3) is 0.474. The number of aromatic nitrogens is 1. The van der Waals surface area contributed by atoms with Crippen molar-refractivity contribution in [1.29, 1.82) is 0 Å². The van der Waals surface area contributed by atoms with Gasteiger partial charge in [-0.25, -0.2) is 4.98 Å². The van der Waals surface area contributed by atoms with Gasteiger partial charge in [-0.2, -0.15) is 13.2 Å². The predicted octanol–water partition coefficient (Wildman–Crippen LogP) is 4.53. The molecule has 9 heteroatoms. The molecule has 0 spiro atoms. The zero-order chi connectivity index (χ0) is 19.9. The highest BCUT2D eigenvalue weighted by Gasteiger charge is 2.40. The first-order valence-corrected chi connectivity index (χ1v) is 10.8. The van der Waals surface area contributed by atoms with Crippen LogP contribution in [-0.2, 0) is 6.18 Å². The molecule has 5 rings (SSSR count). The summed E-state index contributed by atoms with van der Waals surface area (Å²) in [6, 6.07) is 7.46. The van der Waals surface area contributed by atoms with Gasteiger partial charge in [0, 0.05) is 22.5 Å². The maximum absolute atomic E-state index is 12.6. The Balaban J connectivity index is 1.39. The summed E-state index contributed by atoms with van der Waals surface area (Å²) in [6.45, 7) is 4.38. The number of benzene rings is 1. The van der Waals surface area contributed by atoms with Crippen LogP contribution in [0.3, 0.4) is 0 Å². The molecule has 2 aromatic rings. The number of carbonyl (C=O) groups is 1. The van der Waals surface area contributed by atoms with Gasteiger partial charge >= 0.3 is 6.18 Å². The van der Waals surface area contributed by atoms with Crippen molar-refractivity contribution in [3.05, 3.63) is 41.0 Å². The second-order valence-corrected chi connectivity index (χ2v) is 9.63. The van der Waals surface area contributed by atoms with Crippen molar-refractivity contribution in [2.45, 2.75) is 47.1 Å². The first-order chi connectivity index (χ1) is 13.3. The van der Waals surface area contributed by atoms with Crippen molar-refractivity contribution in [3.63, 3.8) is 0 Å². The van der Waals surface area contributed by atoms with Gasteiger partial charge in [-0.15, -0.1) is 11.3 Å². The van der Waals surface area contributed by atoms with Gasteiger partial charge in [0.05, 0.1) is 10.4 Å². The minimum Gasteiger partial charge on any atom is -0.347 e. The van der Waals surface area contributed by atoms with E-state index in [1.165, 1.54) is 18.0 Å². The standard InChI is InChI=1S/C19H20F3N3OS2/c1-11-16(12-6-8-25(11)9-7-12)24-17(26)13-2-4-14(5-3-13)27-15-10-23-18(28-15)19(20,21)22/h2-5,10-12,16H,6-9H2,1H3,(H,24,26)/t11-,16-/m0/s1. The van der Waals surface area contributed by atoms with E-state index >= 15 is 0 Å². The van der Waals surface area contributed by atoms with Crippen molar-refractivity contribution in [1.82, 2.24) is 15.2 Å². The number of nitrogens with zero attached hydrogens (tertiary/aromatic N) is 2. The van der Waals surface area contributed by atoms with Gasteiger partial charge in [0.2, 0.25) is 0 Å². The normalized spacial score (nSPS) is 27.0. The van der Waals surface area contributed by atoms with Crippen LogP contribution in [0.25, 0.3) is 0 Å². The van der Waals surface area contributed by atoms with E-state index in [0.29, 0.717) is 33.1 Å². The van der Waals surface area contributed by atoms with Gasteiger partial charge in [0.1, 0.15) is 0 Å². The molecule has 1 amide bonds. The molecule has 28 heavy (non-hydrogen) atoms. The molecule has 3 fully saturated rings. The Morgan fingerprint density at radius 3 is 2.50 bits per heavy atom. The number of carbonyl (C=O) groups excluding carboxylic acids is 1. The topological polar surface area (TPSA) is 45.2 Å². The number of piperidine rings is 3. The molecule has 3 aliphatic heterocycles. The summed E-state index contributed by atoms with van der Waals surface area (Å²) >= 11 is 1.83. The van der Waals surface area contributed by atoms with E-state index in [1.807, 2.05) is 0 Å². The number of hydrogen-bond donors (Lipinski definition) is 1. The van der Waals surface area contributed by atoms with Crippen LogP contribution < -0.4 is 5.32 Å². The Labute approximate surface area is 169 Å². The van der Waals surface area contributed by atoms with Gasteiger partial charge in [-0.3, -0.25) is 9.69 Å². The van der Waals surface area contributed by atoms with E-state index in [4.69, 9.17) is 0 Å². The third kappa shape index (κ3) is 4.06. The number of amides is 1. The van der Waals surface area contributed by atoms with Crippen molar-refractivity contribution < 1.29 is 18.0 Å². The fourth-order valence-corrected chi connectivity index (χ4v) is 5.83. The van der Waals surface area contributed by atoms with Crippen LogP contribution in [0.5, 0.6) is 0 Å². The van der Waals surface area contributed by atoms with Gasteiger partial charge in [0.25, 0.3) is 5.91 Å². The van der Waals surface area contributed by atoms with Crippen LogP contribution in [0.4, 0.5) is 13.2 Å². The highest BCUT2D eigenvalue weighted by atomic mass is 32.2. The summed E-state index contributed by atoms with van der Waals surface area (Å²) in [6.07, 6.45) is -0.940. The van der Waals surface area contributed by atoms with Gasteiger partial charge in [-0.05, 0) is 63.0 Å². The number of fused-ring (bicyclic) bond motifs is 3. The quantitative estimate of drug-likeness (QED) is 0.779. The Hall–Kier alpha value is -1.58. The molecule has 3 saturated heterocycles. The van der Waals surface area contributed by atoms with E-state index in [9.17, 15) is 18.0 Å². The van der Waals surface area contributed by atoms with Crippen molar-refractivity contribution in [2.24, 2.45) is 5.92 Å². The second-order valence-electron chi connectivity index (χ2n) is 7.22. The lowest BCUT2D eigenvalue weighted by atomic mass is 9.79. The minimum absolute atomic E-state index is 0.0979. The lowest BCUT2D eigenvalue weighted by Gasteiger charge is -2.49. The molecule has 0 aliphatic carbocycles. The Morgan fingerprint density at radius 1 is 1.25 bits per heavy atom. The SMILES string of the molecule is C[C@H]1[C@H](NC(=O)c2ccc(Sc3cnc(C(F)(F)F)s3)cc2)C2CCN1CC2. The van der Waals surface area contributed by atoms with Crippen molar-refractivity contribution in [3.8, 4) is 0 Å². The highest BCUT2D eigenvalue weighted by molar-refractivity contribution is 8.01. The number of rotatable bonds is 4. The zero-order valence-electron chi connectivity index (χ0n) is 15.2. The number of halogens is 3. The summed E-state index contributed by atoms with van der Waals surface area (Å²) in [5, 5.41) is 2.34. The summed E-state index contributed by atoms with van der Waals surface area (Å²) in [7, 11) is 0. The summed E-state index contributed by atoms with van der Waals surface area (Å²) in [5.74, 6) is 0.437. The molecule has 1 aromatic carbocycles. The van der Waals surface area contributed by atoms with E-state index in [-0.39, 0.29) is 11.9 Å². The fourth-order valence-electron chi connectivity index (χ4n) is 4.01. The molecule has 1 N–H and O–H groups in total. The number of hydrogen-bond acceptors (Lipinski definition) is 5. The molecule has 4 heterocycles. The van der Waals surface area contributed by atoms with Crippen molar-refractivity contribution in [2.75, 3.05) is 13.1 Å². The third-order valence-electron chi connectivity index (χ3n) is 5.54. The Kier molecular flexibility index (Phi) is 5.41. The maximum Gasteiger partial charge on any atom is 0.443 e. The predicted molar refractivity (Wildman–Crippen MR) is 103 cm³/mol. The Bertz CT molecular complexity index is 843. The molecular formula is C19H20F3N3OS2. The molecule has 1 aromatic heterocycles. The summed E-state index contributed by atoms with van der Waals surface area (Å²) in [4.78, 5) is 19.3. The summed E-state index contributed by atoms with van der Waals surface area (Å²) < 4.78 is 38.4. The average Bonchev–Trinajstić information content (AvgIpc) is 3.14. The molecular weight excluding hydrogens is 407 g/mol. The lowest BCUT2D eigenvalue weighted by molar-refractivity contribution is -0.137. The molecule has 150 valence electrons. The monoisotopic (exact) mass is 427 g/mol. The van der Waals surface area contributed by atoms with Crippen molar-refractivity contribution >= 4 is 29.0 Å². The van der Waals surface area contributed by atoms with Crippen LogP contribution in [0, 0.1) is 5.92 Å². The number of alkyl halides is 3. The number of nitrogens with one attached hydrogen (secondary N) is 1. The maximum atomic E-state index is 12.6. The van der Waals surface area contributed by atoms with E-state index in [2.05, 4.69) is 22.1 Å². The lowest BCUT2D eigenvalue weighted by Crippen LogP contribution is -2.62. The van der Waals surface area contributed by atoms with E-state index < -0.39 is 11.2 Å². The Morgan fingerprint density at radius 2 is 1.93 bits per heavy atom. The van der Waals surface area contributed by atoms with Gasteiger partial charge in [0.15, 0.2) is 5.01 Å². The molecule has 2 bridgehead atoms. The van der Waals surface area contributed by atoms with E-state index in [0.717, 1.165) is 30.8 Å².